The largest absolute Gasteiger partial charge is 0.495 e. The minimum absolute atomic E-state index is 0.0517. The van der Waals surface area contributed by atoms with Crippen molar-refractivity contribution >= 4 is 104 Å². The Morgan fingerprint density at radius 1 is 0.615 bits per heavy atom. The second-order valence-corrected chi connectivity index (χ2v) is 22.0. The number of carboxylic acids is 1. The number of esters is 1. The molecule has 0 aliphatic carbocycles. The molecule has 6 aromatic rings. The lowest BCUT2D eigenvalue weighted by Gasteiger charge is -2.27. The molecule has 0 saturated carbocycles. The summed E-state index contributed by atoms with van der Waals surface area (Å²) >= 11 is 27.3. The van der Waals surface area contributed by atoms with E-state index in [-0.39, 0.29) is 73.3 Å². The number of nitrogens with one attached hydrogen (secondary N) is 2. The van der Waals surface area contributed by atoms with Gasteiger partial charge in [0.1, 0.15) is 46.3 Å². The predicted octanol–water partition coefficient (Wildman–Crippen LogP) is 11.2. The Kier molecular flexibility index (Phi) is 17.3. The van der Waals surface area contributed by atoms with Crippen LogP contribution in [0.25, 0.3) is 44.1 Å². The molecule has 2 aliphatic rings. The Morgan fingerprint density at radius 2 is 1.04 bits per heavy atom. The molecule has 0 radical (unpaired) electrons. The normalized spacial score (nSPS) is 17.4. The molecule has 414 valence electrons. The molecule has 8 rings (SSSR count). The number of rotatable bonds is 16. The van der Waals surface area contributed by atoms with E-state index in [1.807, 2.05) is 12.1 Å². The topological polar surface area (TPSA) is 235 Å². The van der Waals surface area contributed by atoms with Crippen molar-refractivity contribution in [2.75, 3.05) is 58.3 Å². The highest BCUT2D eigenvalue weighted by Gasteiger charge is 2.44. The van der Waals surface area contributed by atoms with Crippen LogP contribution in [0.2, 0.25) is 20.1 Å². The van der Waals surface area contributed by atoms with Gasteiger partial charge in [0, 0.05) is 90.9 Å². The molecule has 0 unspecified atom stereocenters. The van der Waals surface area contributed by atoms with Gasteiger partial charge < -0.3 is 48.9 Å². The third-order valence-electron chi connectivity index (χ3n) is 12.5. The van der Waals surface area contributed by atoms with Crippen LogP contribution in [0.3, 0.4) is 0 Å². The summed E-state index contributed by atoms with van der Waals surface area (Å²) in [5.41, 5.74) is 1.79. The van der Waals surface area contributed by atoms with Gasteiger partial charge in [0.25, 0.3) is 0 Å². The van der Waals surface area contributed by atoms with Crippen molar-refractivity contribution in [3.8, 4) is 45.3 Å². The number of hydrogen-bond acceptors (Lipinski definition) is 17. The summed E-state index contributed by atoms with van der Waals surface area (Å²) in [5, 5.41) is 18.7. The first-order chi connectivity index (χ1) is 36.9. The molecule has 0 spiro atoms. The second-order valence-electron chi connectivity index (χ2n) is 20.5. The van der Waals surface area contributed by atoms with Crippen LogP contribution in [0.5, 0.6) is 23.0 Å². The molecule has 4 heterocycles. The lowest BCUT2D eigenvalue weighted by Crippen LogP contribution is -2.44. The minimum atomic E-state index is -1.14. The number of halogens is 4. The van der Waals surface area contributed by atoms with Gasteiger partial charge in [0.2, 0.25) is 11.9 Å². The second kappa shape index (κ2) is 23.5. The first-order valence-electron chi connectivity index (χ1n) is 24.7. The van der Waals surface area contributed by atoms with E-state index in [0.29, 0.717) is 71.4 Å². The maximum Gasteiger partial charge on any atom is 0.411 e. The number of likely N-dealkylation sites (tertiary alicyclic amines) is 2. The van der Waals surface area contributed by atoms with Crippen molar-refractivity contribution < 1.29 is 57.4 Å². The fraction of sp³-hybridized carbons (Fsp3) is 0.407. The molecule has 3 N–H and O–H groups in total. The molecular formula is C54H58Cl4N8O12. The van der Waals surface area contributed by atoms with E-state index < -0.39 is 59.5 Å². The Labute approximate surface area is 469 Å². The van der Waals surface area contributed by atoms with Crippen LogP contribution in [0, 0.1) is 0 Å². The molecule has 20 nitrogen and oxygen atoms in total. The maximum absolute atomic E-state index is 13.8. The van der Waals surface area contributed by atoms with E-state index in [2.05, 4.69) is 25.6 Å². The summed E-state index contributed by atoms with van der Waals surface area (Å²) in [6.07, 6.45) is 2.41. The average Bonchev–Trinajstić information content (AvgIpc) is 4.09. The number of aromatic nitrogens is 4. The minimum Gasteiger partial charge on any atom is -0.495 e. The number of amides is 2. The summed E-state index contributed by atoms with van der Waals surface area (Å²) in [6, 6.07) is 11.0. The van der Waals surface area contributed by atoms with E-state index in [1.165, 1.54) is 31.1 Å². The monoisotopic (exact) mass is 1150 g/mol. The van der Waals surface area contributed by atoms with Crippen LogP contribution < -0.4 is 29.6 Å². The van der Waals surface area contributed by atoms with Crippen LogP contribution >= 0.6 is 46.4 Å². The molecular weight excluding hydrogens is 1090 g/mol. The Hall–Kier alpha value is -7.00. The first kappa shape index (κ1) is 57.2. The van der Waals surface area contributed by atoms with Gasteiger partial charge in [0.15, 0.2) is 0 Å². The number of fused-ring (bicyclic) bond motifs is 2. The Morgan fingerprint density at radius 3 is 1.47 bits per heavy atom. The van der Waals surface area contributed by atoms with E-state index in [1.54, 1.807) is 90.3 Å². The van der Waals surface area contributed by atoms with E-state index in [0.717, 1.165) is 0 Å². The summed E-state index contributed by atoms with van der Waals surface area (Å²) in [4.78, 5) is 73.1. The number of benzene rings is 4. The average molecular weight is 1150 g/mol. The van der Waals surface area contributed by atoms with E-state index in [4.69, 9.17) is 84.5 Å². The number of nitrogens with zero attached hydrogens (tertiary/aromatic N) is 6. The number of anilines is 2. The number of hydrogen-bond donors (Lipinski definition) is 3. The molecule has 78 heavy (non-hydrogen) atoms. The molecule has 2 aliphatic heterocycles. The third-order valence-corrected chi connectivity index (χ3v) is 14.0. The number of aliphatic carboxylic acids is 1. The van der Waals surface area contributed by atoms with Crippen LogP contribution in [0.1, 0.15) is 60.8 Å². The molecule has 4 aromatic carbocycles. The molecule has 0 bridgehead atoms. The van der Waals surface area contributed by atoms with Crippen molar-refractivity contribution in [3.05, 3.63) is 81.0 Å². The Balaban J connectivity index is 0.899. The predicted molar refractivity (Wildman–Crippen MR) is 296 cm³/mol. The number of carbonyl (C=O) groups is 4. The van der Waals surface area contributed by atoms with E-state index in [9.17, 15) is 24.3 Å². The fourth-order valence-electron chi connectivity index (χ4n) is 9.01. The van der Waals surface area contributed by atoms with Gasteiger partial charge >= 0.3 is 24.1 Å². The van der Waals surface area contributed by atoms with E-state index >= 15 is 0 Å². The van der Waals surface area contributed by atoms with Gasteiger partial charge in [-0.25, -0.2) is 39.1 Å². The van der Waals surface area contributed by atoms with Gasteiger partial charge in [-0.3, -0.25) is 9.80 Å². The molecule has 2 amide bonds. The summed E-state index contributed by atoms with van der Waals surface area (Å²) < 4.78 is 39.5. The van der Waals surface area contributed by atoms with Gasteiger partial charge in [-0.05, 0) is 76.9 Å². The highest BCUT2D eigenvalue weighted by atomic mass is 35.5. The van der Waals surface area contributed by atoms with Gasteiger partial charge in [0.05, 0.1) is 65.7 Å². The quantitative estimate of drug-likeness (QED) is 0.0464. The molecule has 24 heteroatoms. The van der Waals surface area contributed by atoms with Gasteiger partial charge in [-0.1, -0.05) is 58.5 Å². The fourth-order valence-corrected chi connectivity index (χ4v) is 10.4. The highest BCUT2D eigenvalue weighted by Crippen LogP contribution is 2.48. The van der Waals surface area contributed by atoms with Crippen molar-refractivity contribution in [1.82, 2.24) is 29.7 Å². The molecule has 2 aromatic heterocycles. The van der Waals surface area contributed by atoms with Gasteiger partial charge in [-0.2, -0.15) is 0 Å². The van der Waals surface area contributed by atoms with Crippen LogP contribution in [-0.2, 0) is 23.8 Å². The van der Waals surface area contributed by atoms with Crippen molar-refractivity contribution in [2.24, 2.45) is 0 Å². The number of carbonyl (C=O) groups excluding carboxylic acids is 3. The number of carboxylic acid groups (broad SMARTS) is 1. The smallest absolute Gasteiger partial charge is 0.411 e. The Bertz CT molecular complexity index is 3260. The molecule has 2 saturated heterocycles. The summed E-state index contributed by atoms with van der Waals surface area (Å²) in [7, 11) is 4.47. The lowest BCUT2D eigenvalue weighted by atomic mass is 10.0. The van der Waals surface area contributed by atoms with Crippen LogP contribution in [-0.4, -0.2) is 142 Å². The summed E-state index contributed by atoms with van der Waals surface area (Å²) in [5.74, 6) is 0.106. The third kappa shape index (κ3) is 12.9. The highest BCUT2D eigenvalue weighted by molar-refractivity contribution is 6.42. The zero-order chi connectivity index (χ0) is 56.4. The van der Waals surface area contributed by atoms with Crippen molar-refractivity contribution in [3.63, 3.8) is 0 Å². The molecule has 2 fully saturated rings. The molecule has 4 atom stereocenters. The van der Waals surface area contributed by atoms with Crippen molar-refractivity contribution in [1.29, 1.82) is 0 Å². The summed E-state index contributed by atoms with van der Waals surface area (Å²) in [6.45, 7) is 10.6. The van der Waals surface area contributed by atoms with Crippen molar-refractivity contribution in [2.45, 2.75) is 96.2 Å². The van der Waals surface area contributed by atoms with Crippen LogP contribution in [0.15, 0.2) is 60.9 Å². The number of ether oxygens (including phenoxy) is 7. The maximum atomic E-state index is 13.8. The zero-order valence-corrected chi connectivity index (χ0v) is 47.2. The zero-order valence-electron chi connectivity index (χ0n) is 44.2. The number of methoxy groups -OCH3 is 3. The first-order valence-corrected chi connectivity index (χ1v) is 26.2. The SMILES string of the molecule is COc1cc(OC)c(Cl)c(-c2ccc3nc(N[C@H]4C[C@@H](C(=O)OCCCOc5cc(OC)c(Cl)c(-c6ccc7nc(N[C@H]8C[C@@H](C(=O)O)N(C(=O)OC(C)(C)C)C8)ncc7c6)c5Cl)N(C(=O)OC(C)(C)C)C4)ncc3c2)c1Cl. The standard InChI is InChI=1S/C54H58Cl4N8O12/c1-53(2,3)77-51(70)65-25-31(19-35(65)47(67)68)61-49-59-24-30-18-28(12-14-34(30)63-49)42-45(57)39(74-9)22-40(46(42)58)75-15-10-16-76-48(69)36-20-32(26-66(36)52(71)78-54(4,5)6)62-50-60-23-29-17-27(11-13-33(29)64-50)41-43(55)37(72-7)21-38(73-8)44(41)56/h11-14,17-18,21-24,31-32,35-36H,10,15-16,19-20,25-26H2,1-9H3,(H,67,68)(H,59,61,63)(H,60,62,64)/t31-,32-,35-,36-/m0/s1. The lowest BCUT2D eigenvalue weighted by molar-refractivity contribution is -0.149. The van der Waals surface area contributed by atoms with Gasteiger partial charge in [-0.15, -0.1) is 0 Å². The van der Waals surface area contributed by atoms with Crippen LogP contribution in [0.4, 0.5) is 21.5 Å².